The van der Waals surface area contributed by atoms with Crippen LogP contribution < -0.4 is 0 Å². The van der Waals surface area contributed by atoms with Crippen molar-refractivity contribution < 1.29 is 9.90 Å². The normalized spacial score (nSPS) is 11.3. The van der Waals surface area contributed by atoms with Gasteiger partial charge in [0.25, 0.3) is 0 Å². The van der Waals surface area contributed by atoms with Crippen molar-refractivity contribution in [3.8, 4) is 11.3 Å². The van der Waals surface area contributed by atoms with Crippen molar-refractivity contribution in [1.82, 2.24) is 9.38 Å². The van der Waals surface area contributed by atoms with Crippen molar-refractivity contribution in [3.05, 3.63) is 44.5 Å². The van der Waals surface area contributed by atoms with E-state index in [0.29, 0.717) is 27.1 Å². The lowest BCUT2D eigenvalue weighted by Crippen LogP contribution is -2.06. The first kappa shape index (κ1) is 16.3. The van der Waals surface area contributed by atoms with E-state index in [0.717, 1.165) is 22.6 Å². The van der Waals surface area contributed by atoms with Crippen LogP contribution in [0.15, 0.2) is 18.2 Å². The third-order valence-corrected chi connectivity index (χ3v) is 5.10. The van der Waals surface area contributed by atoms with E-state index in [2.05, 4.69) is 4.98 Å². The molecular formula is C16H14Cl2N2O2S. The van der Waals surface area contributed by atoms with Gasteiger partial charge in [-0.25, -0.2) is 9.78 Å². The summed E-state index contributed by atoms with van der Waals surface area (Å²) in [4.78, 5) is 17.9. The molecular weight excluding hydrogens is 355 g/mol. The number of thiazole rings is 1. The summed E-state index contributed by atoms with van der Waals surface area (Å²) in [5.74, 6) is -0.981. The Morgan fingerprint density at radius 3 is 2.74 bits per heavy atom. The third-order valence-electron chi connectivity index (χ3n) is 3.60. The zero-order valence-electron chi connectivity index (χ0n) is 12.6. The number of rotatable bonds is 4. The van der Waals surface area contributed by atoms with Gasteiger partial charge in [0, 0.05) is 15.5 Å². The number of carboxylic acids is 1. The minimum absolute atomic E-state index is 0.215. The average molecular weight is 369 g/mol. The maximum Gasteiger partial charge on any atom is 0.354 e. The van der Waals surface area contributed by atoms with E-state index in [1.165, 1.54) is 11.3 Å². The number of carbonyl (C=O) groups is 1. The molecule has 2 heterocycles. The van der Waals surface area contributed by atoms with Crippen molar-refractivity contribution in [1.29, 1.82) is 0 Å². The highest BCUT2D eigenvalue weighted by Crippen LogP contribution is 2.38. The molecule has 0 unspecified atom stereocenters. The van der Waals surface area contributed by atoms with E-state index < -0.39 is 5.97 Å². The second kappa shape index (κ2) is 6.15. The second-order valence-electron chi connectivity index (χ2n) is 5.21. The number of imidazole rings is 1. The highest BCUT2D eigenvalue weighted by molar-refractivity contribution is 7.17. The molecule has 0 aliphatic rings. The lowest BCUT2D eigenvalue weighted by Gasteiger charge is -2.07. The molecule has 0 aliphatic carbocycles. The quantitative estimate of drug-likeness (QED) is 0.676. The van der Waals surface area contributed by atoms with Crippen molar-refractivity contribution in [2.75, 3.05) is 0 Å². The van der Waals surface area contributed by atoms with Gasteiger partial charge < -0.3 is 5.11 Å². The molecule has 0 fully saturated rings. The van der Waals surface area contributed by atoms with Gasteiger partial charge >= 0.3 is 5.97 Å². The van der Waals surface area contributed by atoms with Gasteiger partial charge in [0.05, 0.1) is 16.4 Å². The maximum atomic E-state index is 11.8. The molecule has 3 aromatic rings. The van der Waals surface area contributed by atoms with Crippen LogP contribution in [0.4, 0.5) is 0 Å². The first-order valence-corrected chi connectivity index (χ1v) is 8.70. The Labute approximate surface area is 147 Å². The monoisotopic (exact) mass is 368 g/mol. The second-order valence-corrected chi connectivity index (χ2v) is 7.24. The maximum absolute atomic E-state index is 11.8. The molecule has 3 rings (SSSR count). The lowest BCUT2D eigenvalue weighted by atomic mass is 10.1. The fourth-order valence-electron chi connectivity index (χ4n) is 2.68. The van der Waals surface area contributed by atoms with Gasteiger partial charge in [-0.2, -0.15) is 0 Å². The predicted molar refractivity (Wildman–Crippen MR) is 94.2 cm³/mol. The fourth-order valence-corrected chi connectivity index (χ4v) is 4.18. The number of halogens is 2. The number of hydrogen-bond acceptors (Lipinski definition) is 3. The Hall–Kier alpha value is -1.56. The van der Waals surface area contributed by atoms with Crippen LogP contribution >= 0.6 is 34.5 Å². The van der Waals surface area contributed by atoms with Crippen molar-refractivity contribution in [2.45, 2.75) is 26.7 Å². The highest BCUT2D eigenvalue weighted by atomic mass is 35.5. The molecule has 0 bridgehead atoms. The van der Waals surface area contributed by atoms with Gasteiger partial charge in [0.2, 0.25) is 0 Å². The number of benzene rings is 1. The summed E-state index contributed by atoms with van der Waals surface area (Å²) in [7, 11) is 0. The zero-order chi connectivity index (χ0) is 16.7. The summed E-state index contributed by atoms with van der Waals surface area (Å²) in [6.45, 7) is 3.94. The van der Waals surface area contributed by atoms with Crippen LogP contribution in [0.25, 0.3) is 16.2 Å². The first-order valence-electron chi connectivity index (χ1n) is 7.13. The number of aromatic carboxylic acids is 1. The third kappa shape index (κ3) is 2.73. The molecule has 0 saturated carbocycles. The fraction of sp³-hybridized carbons (Fsp3) is 0.250. The van der Waals surface area contributed by atoms with Gasteiger partial charge in [0.15, 0.2) is 10.7 Å². The van der Waals surface area contributed by atoms with E-state index in [-0.39, 0.29) is 5.69 Å². The van der Waals surface area contributed by atoms with Crippen molar-refractivity contribution in [3.63, 3.8) is 0 Å². The summed E-state index contributed by atoms with van der Waals surface area (Å²) in [6.07, 6.45) is 1.46. The molecule has 0 atom stereocenters. The number of aromatic nitrogens is 2. The molecule has 0 radical (unpaired) electrons. The number of hydrogen-bond donors (Lipinski definition) is 1. The summed E-state index contributed by atoms with van der Waals surface area (Å²) >= 11 is 13.8. The van der Waals surface area contributed by atoms with E-state index in [9.17, 15) is 9.90 Å². The van der Waals surface area contributed by atoms with Gasteiger partial charge in [-0.3, -0.25) is 4.40 Å². The van der Waals surface area contributed by atoms with Crippen LogP contribution in [0.2, 0.25) is 10.0 Å². The topological polar surface area (TPSA) is 54.6 Å². The van der Waals surface area contributed by atoms with E-state index >= 15 is 0 Å². The van der Waals surface area contributed by atoms with Gasteiger partial charge in [-0.05, 0) is 31.5 Å². The number of fused-ring (bicyclic) bond motifs is 1. The highest BCUT2D eigenvalue weighted by Gasteiger charge is 2.24. The van der Waals surface area contributed by atoms with Crippen LogP contribution in [-0.2, 0) is 6.42 Å². The largest absolute Gasteiger partial charge is 0.477 e. The van der Waals surface area contributed by atoms with Crippen LogP contribution in [0.3, 0.4) is 0 Å². The average Bonchev–Trinajstić information content (AvgIpc) is 2.94. The SMILES string of the molecule is CCCc1nc2sc(C)c(-c3ccc(Cl)cc3Cl)n2c1C(=O)O. The Morgan fingerprint density at radius 2 is 2.13 bits per heavy atom. The molecule has 0 aliphatic heterocycles. The Bertz CT molecular complexity index is 915. The van der Waals surface area contributed by atoms with Gasteiger partial charge in [-0.1, -0.05) is 36.5 Å². The Morgan fingerprint density at radius 1 is 1.39 bits per heavy atom. The van der Waals surface area contributed by atoms with Gasteiger partial charge in [0.1, 0.15) is 0 Å². The standard InChI is InChI=1S/C16H14Cl2N2O2S/c1-3-4-12-14(15(21)22)20-13(8(2)23-16(20)19-12)10-6-5-9(17)7-11(10)18/h5-7H,3-4H2,1-2H3,(H,21,22). The summed E-state index contributed by atoms with van der Waals surface area (Å²) in [5.41, 5.74) is 2.34. The lowest BCUT2D eigenvalue weighted by molar-refractivity contribution is 0.0688. The molecule has 120 valence electrons. The number of carboxylic acid groups (broad SMARTS) is 1. The Kier molecular flexibility index (Phi) is 4.36. The van der Waals surface area contributed by atoms with Crippen LogP contribution in [0.1, 0.15) is 34.4 Å². The number of nitrogens with zero attached hydrogens (tertiary/aromatic N) is 2. The molecule has 1 aromatic carbocycles. The van der Waals surface area contributed by atoms with E-state index in [1.54, 1.807) is 16.5 Å². The molecule has 4 nitrogen and oxygen atoms in total. The van der Waals surface area contributed by atoms with E-state index in [4.69, 9.17) is 23.2 Å². The van der Waals surface area contributed by atoms with Crippen LogP contribution in [0, 0.1) is 6.92 Å². The predicted octanol–water partition coefficient (Wildman–Crippen LogP) is 5.33. The summed E-state index contributed by atoms with van der Waals surface area (Å²) in [5, 5.41) is 10.7. The minimum atomic E-state index is -0.981. The van der Waals surface area contributed by atoms with E-state index in [1.807, 2.05) is 19.9 Å². The first-order chi connectivity index (χ1) is 10.9. The molecule has 2 aromatic heterocycles. The zero-order valence-corrected chi connectivity index (χ0v) is 14.9. The molecule has 7 heteroatoms. The molecule has 1 N–H and O–H groups in total. The molecule has 23 heavy (non-hydrogen) atoms. The minimum Gasteiger partial charge on any atom is -0.477 e. The smallest absolute Gasteiger partial charge is 0.354 e. The molecule has 0 spiro atoms. The molecule has 0 saturated heterocycles. The number of aryl methyl sites for hydroxylation is 2. The van der Waals surface area contributed by atoms with Crippen molar-refractivity contribution in [2.24, 2.45) is 0 Å². The summed E-state index contributed by atoms with van der Waals surface area (Å²) < 4.78 is 1.70. The van der Waals surface area contributed by atoms with Crippen molar-refractivity contribution >= 4 is 45.5 Å². The summed E-state index contributed by atoms with van der Waals surface area (Å²) in [6, 6.07) is 5.21. The van der Waals surface area contributed by atoms with Gasteiger partial charge in [-0.15, -0.1) is 11.3 Å². The Balaban J connectivity index is 2.36. The van der Waals surface area contributed by atoms with Crippen LogP contribution in [-0.4, -0.2) is 20.5 Å². The van der Waals surface area contributed by atoms with Crippen LogP contribution in [0.5, 0.6) is 0 Å². The molecule has 0 amide bonds.